The summed E-state index contributed by atoms with van der Waals surface area (Å²) >= 11 is 0. The molecule has 1 spiro atoms. The third-order valence-electron chi connectivity index (χ3n) is 5.43. The number of amides is 1. The lowest BCUT2D eigenvalue weighted by Gasteiger charge is -2.39. The summed E-state index contributed by atoms with van der Waals surface area (Å²) in [5.41, 5.74) is 1.07. The summed E-state index contributed by atoms with van der Waals surface area (Å²) in [4.78, 5) is 14.5. The van der Waals surface area contributed by atoms with Crippen LogP contribution < -0.4 is 5.32 Å². The van der Waals surface area contributed by atoms with Crippen molar-refractivity contribution in [2.45, 2.75) is 38.5 Å². The number of rotatable bonds is 3. The van der Waals surface area contributed by atoms with Gasteiger partial charge in [0.25, 0.3) is 0 Å². The molecule has 2 saturated heterocycles. The zero-order chi connectivity index (χ0) is 15.6. The predicted octanol–water partition coefficient (Wildman–Crippen LogP) is 3.34. The van der Waals surface area contributed by atoms with Crippen LogP contribution in [0.2, 0.25) is 0 Å². The fourth-order valence-electron chi connectivity index (χ4n) is 3.83. The molecule has 3 nitrogen and oxygen atoms in total. The lowest BCUT2D eigenvalue weighted by Crippen LogP contribution is -2.44. The maximum absolute atomic E-state index is 13.8. The molecule has 0 saturated carbocycles. The number of hydrogen-bond donors (Lipinski definition) is 1. The van der Waals surface area contributed by atoms with E-state index in [4.69, 9.17) is 0 Å². The molecule has 0 aliphatic carbocycles. The van der Waals surface area contributed by atoms with Crippen LogP contribution in [0.25, 0.3) is 0 Å². The molecule has 1 N–H and O–H groups in total. The number of piperidine rings is 1. The first-order valence-corrected chi connectivity index (χ1v) is 8.33. The van der Waals surface area contributed by atoms with E-state index in [9.17, 15) is 9.18 Å². The summed E-state index contributed by atoms with van der Waals surface area (Å²) in [6, 6.07) is 6.76. The van der Waals surface area contributed by atoms with Crippen LogP contribution in [0, 0.1) is 11.2 Å². The Balaban J connectivity index is 0.00000192. The largest absolute Gasteiger partial charge is 0.343 e. The molecule has 23 heavy (non-hydrogen) atoms. The number of nitrogens with zero attached hydrogens (tertiary/aromatic N) is 1. The molecule has 0 aromatic heterocycles. The zero-order valence-corrected chi connectivity index (χ0v) is 14.5. The Morgan fingerprint density at radius 1 is 1.30 bits per heavy atom. The summed E-state index contributed by atoms with van der Waals surface area (Å²) in [6.45, 7) is 5.84. The molecule has 1 unspecified atom stereocenters. The van der Waals surface area contributed by atoms with E-state index in [1.54, 1.807) is 12.1 Å². The Morgan fingerprint density at radius 3 is 2.61 bits per heavy atom. The molecule has 5 heteroatoms. The molecular formula is C18H26ClFN2O. The molecule has 2 aliphatic heterocycles. The molecule has 0 bridgehead atoms. The predicted molar refractivity (Wildman–Crippen MR) is 92.4 cm³/mol. The molecule has 1 atom stereocenters. The van der Waals surface area contributed by atoms with Crippen LogP contribution in [-0.4, -0.2) is 37.0 Å². The van der Waals surface area contributed by atoms with Crippen LogP contribution in [-0.2, 0) is 4.79 Å². The van der Waals surface area contributed by atoms with Gasteiger partial charge in [-0.15, -0.1) is 12.4 Å². The van der Waals surface area contributed by atoms with Gasteiger partial charge in [-0.05, 0) is 48.8 Å². The van der Waals surface area contributed by atoms with Gasteiger partial charge in [0.15, 0.2) is 0 Å². The summed E-state index contributed by atoms with van der Waals surface area (Å²) < 4.78 is 13.8. The lowest BCUT2D eigenvalue weighted by molar-refractivity contribution is -0.133. The van der Waals surface area contributed by atoms with Crippen LogP contribution in [0.5, 0.6) is 0 Å². The van der Waals surface area contributed by atoms with Crippen molar-refractivity contribution in [1.29, 1.82) is 0 Å². The van der Waals surface area contributed by atoms with Crippen molar-refractivity contribution in [3.63, 3.8) is 0 Å². The van der Waals surface area contributed by atoms with E-state index in [0.717, 1.165) is 39.0 Å². The Hall–Kier alpha value is -1.13. The second kappa shape index (κ2) is 7.63. The quantitative estimate of drug-likeness (QED) is 0.915. The number of benzene rings is 1. The first-order chi connectivity index (χ1) is 10.6. The van der Waals surface area contributed by atoms with Crippen molar-refractivity contribution < 1.29 is 9.18 Å². The van der Waals surface area contributed by atoms with Crippen molar-refractivity contribution in [3.8, 4) is 0 Å². The highest BCUT2D eigenvalue weighted by Gasteiger charge is 2.38. The topological polar surface area (TPSA) is 32.3 Å². The molecule has 1 amide bonds. The van der Waals surface area contributed by atoms with Gasteiger partial charge in [0, 0.05) is 26.1 Å². The summed E-state index contributed by atoms with van der Waals surface area (Å²) in [5.74, 6) is -0.119. The zero-order valence-electron chi connectivity index (χ0n) is 13.7. The van der Waals surface area contributed by atoms with E-state index >= 15 is 0 Å². The first kappa shape index (κ1) is 18.2. The number of hydrogen-bond acceptors (Lipinski definition) is 2. The highest BCUT2D eigenvalue weighted by atomic mass is 35.5. The Bertz CT molecular complexity index is 536. The average Bonchev–Trinajstić information content (AvgIpc) is 2.96. The van der Waals surface area contributed by atoms with Gasteiger partial charge in [0.2, 0.25) is 5.91 Å². The number of carbonyl (C=O) groups excluding carboxylic acids is 1. The average molecular weight is 341 g/mol. The van der Waals surface area contributed by atoms with Crippen molar-refractivity contribution >= 4 is 18.3 Å². The molecule has 2 fully saturated rings. The third kappa shape index (κ3) is 4.04. The van der Waals surface area contributed by atoms with Gasteiger partial charge in [-0.3, -0.25) is 4.79 Å². The van der Waals surface area contributed by atoms with E-state index in [1.165, 1.54) is 12.5 Å². The van der Waals surface area contributed by atoms with Gasteiger partial charge in [0.05, 0.1) is 0 Å². The summed E-state index contributed by atoms with van der Waals surface area (Å²) in [5, 5.41) is 3.44. The minimum Gasteiger partial charge on any atom is -0.343 e. The molecule has 128 valence electrons. The van der Waals surface area contributed by atoms with E-state index in [0.29, 0.717) is 17.4 Å². The van der Waals surface area contributed by atoms with Crippen molar-refractivity contribution in [2.24, 2.45) is 5.41 Å². The van der Waals surface area contributed by atoms with E-state index in [-0.39, 0.29) is 30.0 Å². The second-order valence-corrected chi connectivity index (χ2v) is 6.93. The third-order valence-corrected chi connectivity index (χ3v) is 5.43. The van der Waals surface area contributed by atoms with Crippen LogP contribution in [0.15, 0.2) is 24.3 Å². The van der Waals surface area contributed by atoms with Gasteiger partial charge in [-0.1, -0.05) is 25.1 Å². The monoisotopic (exact) mass is 340 g/mol. The van der Waals surface area contributed by atoms with Gasteiger partial charge in [-0.2, -0.15) is 0 Å². The van der Waals surface area contributed by atoms with E-state index in [2.05, 4.69) is 5.32 Å². The number of carbonyl (C=O) groups is 1. The minimum absolute atomic E-state index is 0. The van der Waals surface area contributed by atoms with E-state index < -0.39 is 0 Å². The van der Waals surface area contributed by atoms with Crippen molar-refractivity contribution in [2.75, 3.05) is 26.2 Å². The smallest absolute Gasteiger partial charge is 0.223 e. The van der Waals surface area contributed by atoms with Crippen LogP contribution in [0.1, 0.15) is 44.1 Å². The lowest BCUT2D eigenvalue weighted by atomic mass is 9.77. The van der Waals surface area contributed by atoms with Crippen molar-refractivity contribution in [1.82, 2.24) is 10.2 Å². The second-order valence-electron chi connectivity index (χ2n) is 6.93. The van der Waals surface area contributed by atoms with Crippen molar-refractivity contribution in [3.05, 3.63) is 35.6 Å². The first-order valence-electron chi connectivity index (χ1n) is 8.33. The molecule has 3 rings (SSSR count). The normalized spacial score (nSPS) is 21.0. The van der Waals surface area contributed by atoms with E-state index in [1.807, 2.05) is 17.9 Å². The summed E-state index contributed by atoms with van der Waals surface area (Å²) in [6.07, 6.45) is 3.83. The van der Waals surface area contributed by atoms with Gasteiger partial charge < -0.3 is 10.2 Å². The fourth-order valence-corrected chi connectivity index (χ4v) is 3.83. The molecule has 2 aliphatic rings. The maximum atomic E-state index is 13.8. The number of halogens is 2. The SMILES string of the molecule is CC(CC(=O)N1CCC2(CCNC2)CC1)c1ccccc1F.Cl. The Labute approximate surface area is 144 Å². The summed E-state index contributed by atoms with van der Waals surface area (Å²) in [7, 11) is 0. The highest BCUT2D eigenvalue weighted by Crippen LogP contribution is 2.37. The molecule has 2 heterocycles. The molecule has 1 aromatic carbocycles. The molecule has 1 aromatic rings. The fraction of sp³-hybridized carbons (Fsp3) is 0.611. The van der Waals surface area contributed by atoms with Crippen LogP contribution in [0.4, 0.5) is 4.39 Å². The van der Waals surface area contributed by atoms with Crippen LogP contribution in [0.3, 0.4) is 0 Å². The Kier molecular flexibility index (Phi) is 6.04. The van der Waals surface area contributed by atoms with Gasteiger partial charge in [-0.25, -0.2) is 4.39 Å². The maximum Gasteiger partial charge on any atom is 0.223 e. The number of likely N-dealkylation sites (tertiary alicyclic amines) is 1. The highest BCUT2D eigenvalue weighted by molar-refractivity contribution is 5.85. The molecule has 0 radical (unpaired) electrons. The number of nitrogens with one attached hydrogen (secondary N) is 1. The van der Waals surface area contributed by atoms with Gasteiger partial charge in [0.1, 0.15) is 5.82 Å². The molecular weight excluding hydrogens is 315 g/mol. The van der Waals surface area contributed by atoms with Gasteiger partial charge >= 0.3 is 0 Å². The minimum atomic E-state index is -0.211. The van der Waals surface area contributed by atoms with Crippen LogP contribution >= 0.6 is 12.4 Å². The Morgan fingerprint density at radius 2 is 2.00 bits per heavy atom. The standard InChI is InChI=1S/C18H25FN2O.ClH/c1-14(15-4-2-3-5-16(15)19)12-17(22)21-10-7-18(8-11-21)6-9-20-13-18;/h2-5,14,20H,6-13H2,1H3;1H.